The summed E-state index contributed by atoms with van der Waals surface area (Å²) in [6.45, 7) is 1.60. The van der Waals surface area contributed by atoms with Crippen LogP contribution in [0.2, 0.25) is 0 Å². The molecular weight excluding hydrogens is 648 g/mol. The second-order valence-electron chi connectivity index (χ2n) is 8.80. The third-order valence-corrected chi connectivity index (χ3v) is 6.95. The lowest BCUT2D eigenvalue weighted by atomic mass is 9.95. The SMILES string of the molecule is CON(C)C(=O)C1CCN(c2ccc(NC=C3C(=O)NC(=O)c4ccc(I)cc43)cc2)CC1.O=C(O)C(F)(F)F. The highest BCUT2D eigenvalue weighted by Gasteiger charge is 2.38. The van der Waals surface area contributed by atoms with Crippen molar-refractivity contribution in [3.63, 3.8) is 0 Å². The Labute approximate surface area is 241 Å². The summed E-state index contributed by atoms with van der Waals surface area (Å²) in [7, 11) is 3.14. The fourth-order valence-corrected chi connectivity index (χ4v) is 4.59. The van der Waals surface area contributed by atoms with Gasteiger partial charge in [0.15, 0.2) is 0 Å². The Hall–Kier alpha value is -3.66. The van der Waals surface area contributed by atoms with Crippen LogP contribution >= 0.6 is 22.6 Å². The van der Waals surface area contributed by atoms with Gasteiger partial charge in [0.2, 0.25) is 5.91 Å². The minimum Gasteiger partial charge on any atom is -0.475 e. The molecule has 0 bridgehead atoms. The predicted octanol–water partition coefficient (Wildman–Crippen LogP) is 3.88. The molecule has 3 N–H and O–H groups in total. The highest BCUT2D eigenvalue weighted by Crippen LogP contribution is 2.28. The number of aliphatic carboxylic acids is 1. The Bertz CT molecular complexity index is 1310. The van der Waals surface area contributed by atoms with E-state index in [2.05, 4.69) is 38.1 Å². The third kappa shape index (κ3) is 7.71. The number of hydrogen-bond acceptors (Lipinski definition) is 7. The molecule has 10 nitrogen and oxygen atoms in total. The fourth-order valence-electron chi connectivity index (χ4n) is 4.10. The summed E-state index contributed by atoms with van der Waals surface area (Å²) in [6, 6.07) is 13.3. The number of carboxylic acid groups (broad SMARTS) is 1. The van der Waals surface area contributed by atoms with Crippen LogP contribution in [0.25, 0.3) is 5.57 Å². The number of nitrogens with zero attached hydrogens (tertiary/aromatic N) is 2. The van der Waals surface area contributed by atoms with Gasteiger partial charge in [-0.1, -0.05) is 0 Å². The lowest BCUT2D eigenvalue weighted by Crippen LogP contribution is -2.41. The summed E-state index contributed by atoms with van der Waals surface area (Å²) in [5.74, 6) is -3.55. The summed E-state index contributed by atoms with van der Waals surface area (Å²) in [6.07, 6.45) is -1.88. The van der Waals surface area contributed by atoms with Gasteiger partial charge in [-0.15, -0.1) is 0 Å². The van der Waals surface area contributed by atoms with Crippen molar-refractivity contribution < 1.29 is 42.3 Å². The van der Waals surface area contributed by atoms with Crippen LogP contribution in [0, 0.1) is 9.49 Å². The minimum atomic E-state index is -5.08. The van der Waals surface area contributed by atoms with E-state index in [0.717, 1.165) is 40.9 Å². The Balaban J connectivity index is 0.000000559. The summed E-state index contributed by atoms with van der Waals surface area (Å²) in [4.78, 5) is 53.0. The quantitative estimate of drug-likeness (QED) is 0.189. The van der Waals surface area contributed by atoms with Gasteiger partial charge in [0, 0.05) is 58.3 Å². The molecule has 1 fully saturated rings. The van der Waals surface area contributed by atoms with E-state index in [1.807, 2.05) is 36.4 Å². The Morgan fingerprint density at radius 3 is 2.25 bits per heavy atom. The molecule has 4 rings (SSSR count). The molecule has 1 saturated heterocycles. The normalized spacial score (nSPS) is 16.4. The van der Waals surface area contributed by atoms with Gasteiger partial charge in [0.25, 0.3) is 11.8 Å². The highest BCUT2D eigenvalue weighted by atomic mass is 127. The number of piperidine rings is 1. The summed E-state index contributed by atoms with van der Waals surface area (Å²) in [5, 5.41) is 14.0. The van der Waals surface area contributed by atoms with Crippen LogP contribution in [0.3, 0.4) is 0 Å². The van der Waals surface area contributed by atoms with Gasteiger partial charge in [-0.25, -0.2) is 9.86 Å². The number of fused-ring (bicyclic) bond motifs is 1. The second-order valence-corrected chi connectivity index (χ2v) is 10.1. The van der Waals surface area contributed by atoms with Crippen LogP contribution in [0.4, 0.5) is 24.5 Å². The van der Waals surface area contributed by atoms with Gasteiger partial charge in [-0.05, 0) is 77.9 Å². The standard InChI is InChI=1S/C24H25IN4O4.C2HF3O2/c1-28(33-2)24(32)15-9-11-29(12-10-15)18-6-4-17(5-7-18)26-14-21-20-13-16(25)3-8-19(20)22(30)27-23(21)31;3-2(4,5)1(6)7/h3-8,13-15,26H,9-12H2,1-2H3,(H,27,30,31);(H,6,7). The first-order valence-corrected chi connectivity index (χ1v) is 13.0. The van der Waals surface area contributed by atoms with Crippen LogP contribution in [-0.2, 0) is 19.2 Å². The summed E-state index contributed by atoms with van der Waals surface area (Å²) < 4.78 is 32.7. The maximum absolute atomic E-state index is 12.4. The zero-order chi connectivity index (χ0) is 29.6. The number of imide groups is 1. The average Bonchev–Trinajstić information content (AvgIpc) is 2.92. The Morgan fingerprint density at radius 2 is 1.70 bits per heavy atom. The summed E-state index contributed by atoms with van der Waals surface area (Å²) in [5.41, 5.74) is 3.43. The molecule has 214 valence electrons. The monoisotopic (exact) mass is 674 g/mol. The second kappa shape index (κ2) is 13.1. The number of rotatable bonds is 5. The number of carbonyl (C=O) groups excluding carboxylic acids is 3. The molecule has 14 heteroatoms. The van der Waals surface area contributed by atoms with Crippen LogP contribution in [0.5, 0.6) is 0 Å². The molecule has 2 aliphatic rings. The maximum atomic E-state index is 12.4. The maximum Gasteiger partial charge on any atom is 0.490 e. The molecule has 0 spiro atoms. The highest BCUT2D eigenvalue weighted by molar-refractivity contribution is 14.1. The Morgan fingerprint density at radius 1 is 1.10 bits per heavy atom. The number of alkyl halides is 3. The first-order chi connectivity index (χ1) is 18.8. The minimum absolute atomic E-state index is 0.0155. The Kier molecular flexibility index (Phi) is 10.1. The molecule has 2 aliphatic heterocycles. The lowest BCUT2D eigenvalue weighted by molar-refractivity contribution is -0.192. The van der Waals surface area contributed by atoms with Gasteiger partial charge in [-0.3, -0.25) is 24.5 Å². The topological polar surface area (TPSA) is 128 Å². The molecule has 0 radical (unpaired) electrons. The van der Waals surface area contributed by atoms with Crippen molar-refractivity contribution >= 4 is 63.2 Å². The van der Waals surface area contributed by atoms with Crippen molar-refractivity contribution in [3.05, 3.63) is 63.4 Å². The first-order valence-electron chi connectivity index (χ1n) is 11.9. The molecule has 40 heavy (non-hydrogen) atoms. The van der Waals surface area contributed by atoms with E-state index in [0.29, 0.717) is 16.7 Å². The van der Waals surface area contributed by atoms with Crippen molar-refractivity contribution in [2.75, 3.05) is 37.5 Å². The average molecular weight is 674 g/mol. The van der Waals surface area contributed by atoms with E-state index in [4.69, 9.17) is 14.7 Å². The molecule has 0 atom stereocenters. The molecule has 2 aromatic carbocycles. The molecule has 0 aliphatic carbocycles. The molecule has 0 unspecified atom stereocenters. The van der Waals surface area contributed by atoms with Crippen molar-refractivity contribution in [3.8, 4) is 0 Å². The van der Waals surface area contributed by atoms with Crippen LogP contribution < -0.4 is 15.5 Å². The number of hydroxylamine groups is 2. The van der Waals surface area contributed by atoms with Crippen LogP contribution in [0.1, 0.15) is 28.8 Å². The molecule has 0 aromatic heterocycles. The fraction of sp³-hybridized carbons (Fsp3) is 0.308. The number of halogens is 4. The molecular formula is C26H26F3IN4O6. The number of nitrogens with one attached hydrogen (secondary N) is 2. The van der Waals surface area contributed by atoms with E-state index in [-0.39, 0.29) is 17.7 Å². The van der Waals surface area contributed by atoms with Crippen LogP contribution in [0.15, 0.2) is 48.7 Å². The molecule has 2 aromatic rings. The largest absolute Gasteiger partial charge is 0.490 e. The summed E-state index contributed by atoms with van der Waals surface area (Å²) >= 11 is 2.16. The van der Waals surface area contributed by atoms with E-state index in [1.54, 1.807) is 19.3 Å². The molecule has 0 saturated carbocycles. The number of benzene rings is 2. The number of carboxylic acids is 1. The van der Waals surface area contributed by atoms with Gasteiger partial charge in [-0.2, -0.15) is 13.2 Å². The van der Waals surface area contributed by atoms with Gasteiger partial charge >= 0.3 is 12.1 Å². The van der Waals surface area contributed by atoms with Gasteiger partial charge < -0.3 is 15.3 Å². The lowest BCUT2D eigenvalue weighted by Gasteiger charge is -2.34. The van der Waals surface area contributed by atoms with Crippen molar-refractivity contribution in [1.82, 2.24) is 10.4 Å². The predicted molar refractivity (Wildman–Crippen MR) is 148 cm³/mol. The van der Waals surface area contributed by atoms with Crippen molar-refractivity contribution in [2.24, 2.45) is 5.92 Å². The van der Waals surface area contributed by atoms with E-state index >= 15 is 0 Å². The molecule has 2 heterocycles. The number of carbonyl (C=O) groups is 4. The van der Waals surface area contributed by atoms with Gasteiger partial charge in [0.05, 0.1) is 12.7 Å². The number of amides is 3. The van der Waals surface area contributed by atoms with Crippen LogP contribution in [-0.4, -0.2) is 67.3 Å². The van der Waals surface area contributed by atoms with E-state index < -0.39 is 18.1 Å². The van der Waals surface area contributed by atoms with E-state index in [9.17, 15) is 27.6 Å². The molecule has 3 amide bonds. The van der Waals surface area contributed by atoms with E-state index in [1.165, 1.54) is 12.2 Å². The van der Waals surface area contributed by atoms with Crippen molar-refractivity contribution in [1.29, 1.82) is 0 Å². The first kappa shape index (κ1) is 30.9. The van der Waals surface area contributed by atoms with Crippen molar-refractivity contribution in [2.45, 2.75) is 19.0 Å². The third-order valence-electron chi connectivity index (χ3n) is 6.27. The number of hydrogen-bond donors (Lipinski definition) is 3. The zero-order valence-corrected chi connectivity index (χ0v) is 23.6. The zero-order valence-electron chi connectivity index (χ0n) is 21.4. The smallest absolute Gasteiger partial charge is 0.475 e. The number of anilines is 2. The van der Waals surface area contributed by atoms with Gasteiger partial charge in [0.1, 0.15) is 0 Å².